The van der Waals surface area contributed by atoms with Crippen molar-refractivity contribution in [3.63, 3.8) is 0 Å². The standard InChI is InChI=1S/C13H14O5/c1-13(2)6-11(15)18-10-5-9(14)7(4-8(10)13)12(16)17-3/h4-5,14H,6H2,1-3H3. The molecule has 1 aromatic rings. The van der Waals surface area contributed by atoms with Gasteiger partial charge in [0.2, 0.25) is 0 Å². The molecule has 0 saturated carbocycles. The first kappa shape index (κ1) is 12.4. The Morgan fingerprint density at radius 3 is 2.72 bits per heavy atom. The molecule has 0 fully saturated rings. The van der Waals surface area contributed by atoms with Crippen LogP contribution in [0.2, 0.25) is 0 Å². The Hall–Kier alpha value is -2.04. The molecule has 1 aromatic carbocycles. The zero-order chi connectivity index (χ0) is 13.5. The van der Waals surface area contributed by atoms with Crippen LogP contribution in [0.3, 0.4) is 0 Å². The van der Waals surface area contributed by atoms with Crippen molar-refractivity contribution in [2.24, 2.45) is 0 Å². The van der Waals surface area contributed by atoms with Gasteiger partial charge in [-0.25, -0.2) is 4.79 Å². The summed E-state index contributed by atoms with van der Waals surface area (Å²) in [7, 11) is 1.24. The molecule has 1 heterocycles. The van der Waals surface area contributed by atoms with Crippen LogP contribution in [-0.4, -0.2) is 24.2 Å². The molecule has 5 heteroatoms. The second kappa shape index (κ2) is 4.01. The van der Waals surface area contributed by atoms with E-state index in [1.807, 2.05) is 13.8 Å². The molecule has 1 aliphatic rings. The number of hydrogen-bond donors (Lipinski definition) is 1. The van der Waals surface area contributed by atoms with E-state index in [0.717, 1.165) is 0 Å². The van der Waals surface area contributed by atoms with Crippen molar-refractivity contribution in [1.29, 1.82) is 0 Å². The summed E-state index contributed by atoms with van der Waals surface area (Å²) in [4.78, 5) is 22.9. The fraction of sp³-hybridized carbons (Fsp3) is 0.385. The SMILES string of the molecule is COC(=O)c1cc2c(cc1O)OC(=O)CC2(C)C. The van der Waals surface area contributed by atoms with E-state index in [-0.39, 0.29) is 23.7 Å². The summed E-state index contributed by atoms with van der Waals surface area (Å²) < 4.78 is 9.66. The van der Waals surface area contributed by atoms with Crippen molar-refractivity contribution in [2.45, 2.75) is 25.7 Å². The van der Waals surface area contributed by atoms with E-state index in [0.29, 0.717) is 11.3 Å². The van der Waals surface area contributed by atoms with Crippen molar-refractivity contribution in [2.75, 3.05) is 7.11 Å². The van der Waals surface area contributed by atoms with Gasteiger partial charge in [-0.3, -0.25) is 4.79 Å². The van der Waals surface area contributed by atoms with Crippen LogP contribution in [0.4, 0.5) is 0 Å². The predicted octanol–water partition coefficient (Wildman–Crippen LogP) is 1.77. The first-order chi connectivity index (χ1) is 8.35. The second-order valence-electron chi connectivity index (χ2n) is 4.89. The lowest BCUT2D eigenvalue weighted by Crippen LogP contribution is -2.31. The number of fused-ring (bicyclic) bond motifs is 1. The van der Waals surface area contributed by atoms with Crippen molar-refractivity contribution in [1.82, 2.24) is 0 Å². The summed E-state index contributed by atoms with van der Waals surface area (Å²) in [5.74, 6) is -0.937. The Bertz CT molecular complexity index is 530. The zero-order valence-corrected chi connectivity index (χ0v) is 10.4. The van der Waals surface area contributed by atoms with Crippen LogP contribution in [0.5, 0.6) is 11.5 Å². The maximum atomic E-state index is 11.5. The number of carbonyl (C=O) groups is 2. The number of phenols is 1. The molecule has 0 aliphatic carbocycles. The highest BCUT2D eigenvalue weighted by molar-refractivity contribution is 5.93. The molecule has 5 nitrogen and oxygen atoms in total. The van der Waals surface area contributed by atoms with Crippen LogP contribution in [-0.2, 0) is 14.9 Å². The fourth-order valence-corrected chi connectivity index (χ4v) is 2.07. The Morgan fingerprint density at radius 1 is 1.44 bits per heavy atom. The van der Waals surface area contributed by atoms with Gasteiger partial charge in [0.1, 0.15) is 17.1 Å². The number of carbonyl (C=O) groups excluding carboxylic acids is 2. The van der Waals surface area contributed by atoms with Gasteiger partial charge in [-0.1, -0.05) is 13.8 Å². The normalized spacial score (nSPS) is 16.7. The highest BCUT2D eigenvalue weighted by atomic mass is 16.5. The molecule has 18 heavy (non-hydrogen) atoms. The van der Waals surface area contributed by atoms with Gasteiger partial charge in [-0.2, -0.15) is 0 Å². The summed E-state index contributed by atoms with van der Waals surface area (Å²) >= 11 is 0. The number of rotatable bonds is 1. The van der Waals surface area contributed by atoms with Crippen molar-refractivity contribution in [3.05, 3.63) is 23.3 Å². The third-order valence-corrected chi connectivity index (χ3v) is 3.04. The van der Waals surface area contributed by atoms with E-state index in [1.54, 1.807) is 0 Å². The molecule has 0 unspecified atom stereocenters. The molecule has 0 radical (unpaired) electrons. The van der Waals surface area contributed by atoms with E-state index in [4.69, 9.17) is 4.74 Å². The van der Waals surface area contributed by atoms with Gasteiger partial charge in [0.25, 0.3) is 0 Å². The summed E-state index contributed by atoms with van der Waals surface area (Å²) in [5.41, 5.74) is 0.337. The number of hydrogen-bond acceptors (Lipinski definition) is 5. The lowest BCUT2D eigenvalue weighted by Gasteiger charge is -2.31. The number of methoxy groups -OCH3 is 1. The van der Waals surface area contributed by atoms with E-state index in [2.05, 4.69) is 4.74 Å². The quantitative estimate of drug-likeness (QED) is 0.607. The fourth-order valence-electron chi connectivity index (χ4n) is 2.07. The zero-order valence-electron chi connectivity index (χ0n) is 10.4. The van der Waals surface area contributed by atoms with Gasteiger partial charge < -0.3 is 14.6 Å². The molecule has 1 aliphatic heterocycles. The molecule has 0 amide bonds. The monoisotopic (exact) mass is 250 g/mol. The number of ether oxygens (including phenoxy) is 2. The van der Waals surface area contributed by atoms with Crippen LogP contribution < -0.4 is 4.74 Å². The van der Waals surface area contributed by atoms with Gasteiger partial charge >= 0.3 is 11.9 Å². The Morgan fingerprint density at radius 2 is 2.11 bits per heavy atom. The van der Waals surface area contributed by atoms with Crippen LogP contribution in [0.25, 0.3) is 0 Å². The molecule has 0 atom stereocenters. The minimum absolute atomic E-state index is 0.0715. The molecule has 2 rings (SSSR count). The lowest BCUT2D eigenvalue weighted by atomic mass is 9.79. The Balaban J connectivity index is 2.60. The minimum Gasteiger partial charge on any atom is -0.507 e. The first-order valence-corrected chi connectivity index (χ1v) is 5.51. The third kappa shape index (κ3) is 1.92. The molecule has 0 spiro atoms. The van der Waals surface area contributed by atoms with Gasteiger partial charge in [-0.05, 0) is 6.07 Å². The van der Waals surface area contributed by atoms with Gasteiger partial charge in [-0.15, -0.1) is 0 Å². The number of benzene rings is 1. The molecule has 0 aromatic heterocycles. The number of phenolic OH excluding ortho intramolecular Hbond substituents is 1. The van der Waals surface area contributed by atoms with Crippen molar-refractivity contribution < 1.29 is 24.2 Å². The molecule has 1 N–H and O–H groups in total. The summed E-state index contributed by atoms with van der Waals surface area (Å²) in [5, 5.41) is 9.73. The Kier molecular flexibility index (Phi) is 2.77. The topological polar surface area (TPSA) is 72.8 Å². The molecule has 0 bridgehead atoms. The lowest BCUT2D eigenvalue weighted by molar-refractivity contribution is -0.136. The van der Waals surface area contributed by atoms with Gasteiger partial charge in [0.05, 0.1) is 13.5 Å². The maximum absolute atomic E-state index is 11.5. The van der Waals surface area contributed by atoms with Crippen LogP contribution in [0.15, 0.2) is 12.1 Å². The summed E-state index contributed by atoms with van der Waals surface area (Å²) in [6.45, 7) is 3.76. The molecule has 96 valence electrons. The van der Waals surface area contributed by atoms with Crippen LogP contribution >= 0.6 is 0 Å². The van der Waals surface area contributed by atoms with E-state index >= 15 is 0 Å². The van der Waals surface area contributed by atoms with E-state index in [9.17, 15) is 14.7 Å². The number of esters is 2. The largest absolute Gasteiger partial charge is 0.507 e. The average molecular weight is 250 g/mol. The highest BCUT2D eigenvalue weighted by Gasteiger charge is 2.35. The van der Waals surface area contributed by atoms with Crippen molar-refractivity contribution >= 4 is 11.9 Å². The summed E-state index contributed by atoms with van der Waals surface area (Å²) in [6, 6.07) is 2.79. The number of aromatic hydroxyl groups is 1. The molecule has 0 saturated heterocycles. The average Bonchev–Trinajstić information content (AvgIpc) is 2.25. The van der Waals surface area contributed by atoms with E-state index < -0.39 is 11.4 Å². The minimum atomic E-state index is -0.622. The highest BCUT2D eigenvalue weighted by Crippen LogP contribution is 2.41. The second-order valence-corrected chi connectivity index (χ2v) is 4.89. The summed E-state index contributed by atoms with van der Waals surface area (Å²) in [6.07, 6.45) is 0.228. The molecular formula is C13H14O5. The molecular weight excluding hydrogens is 236 g/mol. The maximum Gasteiger partial charge on any atom is 0.341 e. The van der Waals surface area contributed by atoms with E-state index in [1.165, 1.54) is 19.2 Å². The van der Waals surface area contributed by atoms with Crippen LogP contribution in [0.1, 0.15) is 36.2 Å². The van der Waals surface area contributed by atoms with Gasteiger partial charge in [0.15, 0.2) is 0 Å². The van der Waals surface area contributed by atoms with Crippen molar-refractivity contribution in [3.8, 4) is 11.5 Å². The smallest absolute Gasteiger partial charge is 0.341 e. The third-order valence-electron chi connectivity index (χ3n) is 3.04. The van der Waals surface area contributed by atoms with Gasteiger partial charge in [0, 0.05) is 17.0 Å². The Labute approximate surface area is 104 Å². The predicted molar refractivity (Wildman–Crippen MR) is 62.7 cm³/mol. The van der Waals surface area contributed by atoms with Crippen LogP contribution in [0, 0.1) is 0 Å². The first-order valence-electron chi connectivity index (χ1n) is 5.51.